The molecule has 1 aromatic carbocycles. The number of carbonyl (C=O) groups excluding carboxylic acids is 1. The fraction of sp³-hybridized carbons (Fsp3) is 0.562. The highest BCUT2D eigenvalue weighted by Crippen LogP contribution is 2.22. The van der Waals surface area contributed by atoms with E-state index in [1.54, 1.807) is 17.0 Å². The zero-order valence-corrected chi connectivity index (χ0v) is 16.5. The van der Waals surface area contributed by atoms with Crippen molar-refractivity contribution in [3.63, 3.8) is 0 Å². The molecule has 2 unspecified atom stereocenters. The number of amides is 1. The molecule has 1 aromatic rings. The van der Waals surface area contributed by atoms with Gasteiger partial charge in [-0.3, -0.25) is 4.79 Å². The second-order valence-electron chi connectivity index (χ2n) is 6.21. The monoisotopic (exact) mass is 409 g/mol. The molecule has 0 spiro atoms. The second-order valence-corrected chi connectivity index (χ2v) is 8.41. The molecule has 0 aliphatic carbocycles. The number of likely N-dealkylation sites (tertiary alicyclic amines) is 1. The van der Waals surface area contributed by atoms with E-state index in [-0.39, 0.29) is 42.2 Å². The lowest BCUT2D eigenvalue weighted by molar-refractivity contribution is -0.135. The van der Waals surface area contributed by atoms with Crippen LogP contribution in [-0.4, -0.2) is 44.9 Å². The van der Waals surface area contributed by atoms with Crippen LogP contribution in [0.2, 0.25) is 5.02 Å². The summed E-state index contributed by atoms with van der Waals surface area (Å²) in [5.41, 5.74) is 5.76. The van der Waals surface area contributed by atoms with Crippen LogP contribution in [0.1, 0.15) is 26.2 Å². The average molecular weight is 410 g/mol. The van der Waals surface area contributed by atoms with E-state index in [1.165, 1.54) is 12.1 Å². The highest BCUT2D eigenvalue weighted by atomic mass is 35.5. The number of nitrogens with two attached hydrogens (primary N) is 1. The predicted molar refractivity (Wildman–Crippen MR) is 101 cm³/mol. The fourth-order valence-corrected chi connectivity index (χ4v) is 4.29. The standard InChI is InChI=1S/C16H24ClN3O3S.ClH/c1-12-6-8-20(14(9-12)11-18)16(21)5-7-19-24(22,23)15-4-2-3-13(17)10-15;/h2-4,10,12,14,19H,5-9,11,18H2,1H3;1H. The van der Waals surface area contributed by atoms with E-state index < -0.39 is 10.0 Å². The second kappa shape index (κ2) is 9.73. The zero-order chi connectivity index (χ0) is 17.7. The average Bonchev–Trinajstić information content (AvgIpc) is 2.54. The number of carbonyl (C=O) groups is 1. The molecule has 1 heterocycles. The van der Waals surface area contributed by atoms with Crippen molar-refractivity contribution in [3.8, 4) is 0 Å². The first-order valence-corrected chi connectivity index (χ1v) is 9.94. The van der Waals surface area contributed by atoms with E-state index in [0.717, 1.165) is 12.8 Å². The summed E-state index contributed by atoms with van der Waals surface area (Å²) < 4.78 is 26.8. The molecule has 1 saturated heterocycles. The van der Waals surface area contributed by atoms with Crippen molar-refractivity contribution in [2.75, 3.05) is 19.6 Å². The zero-order valence-electron chi connectivity index (χ0n) is 14.2. The highest BCUT2D eigenvalue weighted by molar-refractivity contribution is 7.89. The number of rotatable bonds is 6. The Morgan fingerprint density at radius 3 is 2.80 bits per heavy atom. The van der Waals surface area contributed by atoms with Gasteiger partial charge in [-0.2, -0.15) is 0 Å². The molecule has 0 saturated carbocycles. The van der Waals surface area contributed by atoms with E-state index in [4.69, 9.17) is 17.3 Å². The van der Waals surface area contributed by atoms with E-state index >= 15 is 0 Å². The van der Waals surface area contributed by atoms with Crippen molar-refractivity contribution in [2.45, 2.75) is 37.1 Å². The number of nitrogens with zero attached hydrogens (tertiary/aromatic N) is 1. The van der Waals surface area contributed by atoms with Crippen LogP contribution in [-0.2, 0) is 14.8 Å². The number of piperidine rings is 1. The molecule has 142 valence electrons. The molecule has 2 rings (SSSR count). The molecule has 1 aliphatic heterocycles. The summed E-state index contributed by atoms with van der Waals surface area (Å²) in [4.78, 5) is 14.2. The Bertz CT molecular complexity index is 685. The van der Waals surface area contributed by atoms with E-state index in [1.807, 2.05) is 0 Å². The number of benzene rings is 1. The van der Waals surface area contributed by atoms with Gasteiger partial charge in [0.05, 0.1) is 4.90 Å². The maximum absolute atomic E-state index is 12.4. The topological polar surface area (TPSA) is 92.5 Å². The lowest BCUT2D eigenvalue weighted by atomic mass is 9.92. The summed E-state index contributed by atoms with van der Waals surface area (Å²) in [6.45, 7) is 3.33. The normalized spacial score (nSPS) is 20.8. The van der Waals surface area contributed by atoms with Crippen molar-refractivity contribution in [2.24, 2.45) is 11.7 Å². The van der Waals surface area contributed by atoms with E-state index in [0.29, 0.717) is 24.0 Å². The summed E-state index contributed by atoms with van der Waals surface area (Å²) in [5, 5.41) is 0.349. The van der Waals surface area contributed by atoms with Gasteiger partial charge in [0.25, 0.3) is 0 Å². The Balaban J connectivity index is 0.00000312. The Morgan fingerprint density at radius 2 is 2.16 bits per heavy atom. The molecule has 1 amide bonds. The summed E-state index contributed by atoms with van der Waals surface area (Å²) in [6, 6.07) is 6.07. The SMILES string of the molecule is CC1CCN(C(=O)CCNS(=O)(=O)c2cccc(Cl)c2)C(CN)C1.Cl. The van der Waals surface area contributed by atoms with Gasteiger partial charge in [-0.1, -0.05) is 24.6 Å². The van der Waals surface area contributed by atoms with Gasteiger partial charge < -0.3 is 10.6 Å². The Morgan fingerprint density at radius 1 is 1.44 bits per heavy atom. The number of hydrogen-bond acceptors (Lipinski definition) is 4. The van der Waals surface area contributed by atoms with Gasteiger partial charge in [0.2, 0.25) is 15.9 Å². The minimum absolute atomic E-state index is 0. The molecule has 0 radical (unpaired) electrons. The van der Waals surface area contributed by atoms with E-state index in [2.05, 4.69) is 11.6 Å². The highest BCUT2D eigenvalue weighted by Gasteiger charge is 2.28. The van der Waals surface area contributed by atoms with Gasteiger partial charge in [0.15, 0.2) is 0 Å². The van der Waals surface area contributed by atoms with E-state index in [9.17, 15) is 13.2 Å². The van der Waals surface area contributed by atoms with Crippen LogP contribution in [0.5, 0.6) is 0 Å². The minimum Gasteiger partial charge on any atom is -0.338 e. The minimum atomic E-state index is -3.67. The fourth-order valence-electron chi connectivity index (χ4n) is 2.96. The smallest absolute Gasteiger partial charge is 0.240 e. The molecule has 6 nitrogen and oxygen atoms in total. The summed E-state index contributed by atoms with van der Waals surface area (Å²) >= 11 is 5.82. The van der Waals surface area contributed by atoms with Crippen LogP contribution >= 0.6 is 24.0 Å². The molecule has 9 heteroatoms. The van der Waals surface area contributed by atoms with Crippen molar-refractivity contribution < 1.29 is 13.2 Å². The van der Waals surface area contributed by atoms with Crippen molar-refractivity contribution in [1.29, 1.82) is 0 Å². The first-order chi connectivity index (χ1) is 11.3. The number of sulfonamides is 1. The van der Waals surface area contributed by atoms with Gasteiger partial charge in [-0.15, -0.1) is 12.4 Å². The van der Waals surface area contributed by atoms with Crippen molar-refractivity contribution in [1.82, 2.24) is 9.62 Å². The van der Waals surface area contributed by atoms with Crippen LogP contribution in [0.15, 0.2) is 29.2 Å². The lowest BCUT2D eigenvalue weighted by Crippen LogP contribution is -2.49. The van der Waals surface area contributed by atoms with Gasteiger partial charge in [0, 0.05) is 37.1 Å². The molecule has 1 aliphatic rings. The molecule has 25 heavy (non-hydrogen) atoms. The molecule has 0 aromatic heterocycles. The van der Waals surface area contributed by atoms with Gasteiger partial charge in [0.1, 0.15) is 0 Å². The van der Waals surface area contributed by atoms with Gasteiger partial charge in [-0.05, 0) is 37.0 Å². The maximum atomic E-state index is 12.4. The summed E-state index contributed by atoms with van der Waals surface area (Å²) in [7, 11) is -3.67. The molecule has 2 atom stereocenters. The van der Waals surface area contributed by atoms with Crippen LogP contribution in [0.4, 0.5) is 0 Å². The third-order valence-electron chi connectivity index (χ3n) is 4.31. The van der Waals surface area contributed by atoms with Gasteiger partial charge >= 0.3 is 0 Å². The molecule has 3 N–H and O–H groups in total. The molecular formula is C16H25Cl2N3O3S. The Labute approximate surface area is 160 Å². The molecule has 1 fully saturated rings. The van der Waals surface area contributed by atoms with Crippen LogP contribution in [0.25, 0.3) is 0 Å². The van der Waals surface area contributed by atoms with Crippen molar-refractivity contribution >= 4 is 39.9 Å². The largest absolute Gasteiger partial charge is 0.338 e. The number of hydrogen-bond donors (Lipinski definition) is 2. The third kappa shape index (κ3) is 6.11. The first-order valence-electron chi connectivity index (χ1n) is 8.08. The summed E-state index contributed by atoms with van der Waals surface area (Å²) in [6.07, 6.45) is 1.97. The number of nitrogens with one attached hydrogen (secondary N) is 1. The Kier molecular flexibility index (Phi) is 8.63. The predicted octanol–water partition coefficient (Wildman–Crippen LogP) is 2.02. The summed E-state index contributed by atoms with van der Waals surface area (Å²) in [5.74, 6) is 0.495. The quantitative estimate of drug-likeness (QED) is 0.751. The van der Waals surface area contributed by atoms with Crippen LogP contribution < -0.4 is 10.5 Å². The molecule has 0 bridgehead atoms. The molecular weight excluding hydrogens is 385 g/mol. The third-order valence-corrected chi connectivity index (χ3v) is 6.00. The Hall–Kier alpha value is -0.860. The number of halogens is 2. The first kappa shape index (κ1) is 22.2. The van der Waals surface area contributed by atoms with Crippen molar-refractivity contribution in [3.05, 3.63) is 29.3 Å². The lowest BCUT2D eigenvalue weighted by Gasteiger charge is -2.38. The van der Waals surface area contributed by atoms with Crippen LogP contribution in [0.3, 0.4) is 0 Å². The van der Waals surface area contributed by atoms with Gasteiger partial charge in [-0.25, -0.2) is 13.1 Å². The maximum Gasteiger partial charge on any atom is 0.240 e. The van der Waals surface area contributed by atoms with Crippen LogP contribution in [0, 0.1) is 5.92 Å².